The minimum atomic E-state index is -3.87. The number of aromatic nitrogens is 4. The Bertz CT molecular complexity index is 590. The number of hydrogen-bond acceptors (Lipinski definition) is 6. The molecule has 0 aromatic carbocycles. The fourth-order valence-corrected chi connectivity index (χ4v) is 2.84. The van der Waals surface area contributed by atoms with Gasteiger partial charge in [-0.05, 0) is 6.92 Å². The van der Waals surface area contributed by atoms with E-state index in [4.69, 9.17) is 10.7 Å². The largest absolute Gasteiger partial charge is 0.296 e. The highest BCUT2D eigenvalue weighted by Crippen LogP contribution is 2.24. The first kappa shape index (κ1) is 11.5. The van der Waals surface area contributed by atoms with Crippen molar-refractivity contribution in [3.8, 4) is 10.7 Å². The van der Waals surface area contributed by atoms with Crippen LogP contribution in [-0.4, -0.2) is 28.2 Å². The summed E-state index contributed by atoms with van der Waals surface area (Å²) in [4.78, 5) is 4.65. The normalized spacial score (nSPS) is 11.9. The summed E-state index contributed by atoms with van der Waals surface area (Å²) in [5.74, 6) is 0.462. The molecule has 2 aromatic rings. The van der Waals surface area contributed by atoms with Gasteiger partial charge < -0.3 is 0 Å². The lowest BCUT2D eigenvalue weighted by Gasteiger charge is -2.02. The first-order chi connectivity index (χ1) is 7.54. The Balaban J connectivity index is 2.63. The van der Waals surface area contributed by atoms with Gasteiger partial charge in [0.2, 0.25) is 0 Å². The summed E-state index contributed by atoms with van der Waals surface area (Å²) in [5, 5.41) is 7.17. The quantitative estimate of drug-likeness (QED) is 0.792. The molecule has 6 nitrogen and oxygen atoms in total. The Hall–Kier alpha value is -0.990. The Morgan fingerprint density at radius 1 is 1.50 bits per heavy atom. The molecule has 2 aromatic heterocycles. The molecule has 0 fully saturated rings. The molecule has 16 heavy (non-hydrogen) atoms. The molecule has 2 rings (SSSR count). The Morgan fingerprint density at radius 2 is 2.25 bits per heavy atom. The van der Waals surface area contributed by atoms with Crippen LogP contribution in [0.4, 0.5) is 0 Å². The summed E-state index contributed by atoms with van der Waals surface area (Å²) in [6.07, 6.45) is 1.60. The minimum absolute atomic E-state index is 0.236. The zero-order valence-electron chi connectivity index (χ0n) is 8.16. The van der Waals surface area contributed by atoms with Crippen molar-refractivity contribution in [3.63, 3.8) is 0 Å². The number of rotatable bonds is 3. The third-order valence-corrected chi connectivity index (χ3v) is 3.83. The van der Waals surface area contributed by atoms with Gasteiger partial charge in [0.1, 0.15) is 0 Å². The van der Waals surface area contributed by atoms with Gasteiger partial charge in [-0.25, -0.2) is 8.42 Å². The lowest BCUT2D eigenvalue weighted by atomic mass is 10.5. The van der Waals surface area contributed by atoms with E-state index >= 15 is 0 Å². The van der Waals surface area contributed by atoms with E-state index in [0.717, 1.165) is 4.88 Å². The molecule has 0 spiro atoms. The van der Waals surface area contributed by atoms with E-state index in [-0.39, 0.29) is 5.16 Å². The molecule has 0 unspecified atom stereocenters. The van der Waals surface area contributed by atoms with Crippen molar-refractivity contribution in [3.05, 3.63) is 11.7 Å². The molecule has 0 saturated heterocycles. The van der Waals surface area contributed by atoms with Crippen LogP contribution in [0.3, 0.4) is 0 Å². The summed E-state index contributed by atoms with van der Waals surface area (Å²) in [5.41, 5.74) is 1.64. The molecule has 0 aliphatic carbocycles. The molecule has 0 radical (unpaired) electrons. The standard InChI is InChI=1S/C7H7ClN4O2S2/c1-2-12-6(5-3-9-4-15-5)10-11-7(12)16(8,13)14/h3-4H,2H2,1H3. The highest BCUT2D eigenvalue weighted by atomic mass is 35.7. The Morgan fingerprint density at radius 3 is 2.75 bits per heavy atom. The summed E-state index contributed by atoms with van der Waals surface area (Å²) in [7, 11) is 1.38. The van der Waals surface area contributed by atoms with Crippen LogP contribution in [0.1, 0.15) is 6.92 Å². The van der Waals surface area contributed by atoms with Crippen LogP contribution >= 0.6 is 22.0 Å². The van der Waals surface area contributed by atoms with E-state index < -0.39 is 9.05 Å². The molecule has 0 N–H and O–H groups in total. The molecule has 0 aliphatic heterocycles. The first-order valence-electron chi connectivity index (χ1n) is 4.30. The predicted octanol–water partition coefficient (Wildman–Crippen LogP) is 1.35. The number of thiazole rings is 1. The van der Waals surface area contributed by atoms with Crippen LogP contribution in [0, 0.1) is 0 Å². The van der Waals surface area contributed by atoms with Crippen molar-refractivity contribution >= 4 is 31.1 Å². The highest BCUT2D eigenvalue weighted by molar-refractivity contribution is 8.13. The third kappa shape index (κ3) is 1.95. The number of nitrogens with zero attached hydrogens (tertiary/aromatic N) is 4. The summed E-state index contributed by atoms with van der Waals surface area (Å²) in [6.45, 7) is 2.21. The Labute approximate surface area is 100 Å². The van der Waals surface area contributed by atoms with Crippen LogP contribution < -0.4 is 0 Å². The average Bonchev–Trinajstić information content (AvgIpc) is 2.84. The fraction of sp³-hybridized carbons (Fsp3) is 0.286. The zero-order valence-corrected chi connectivity index (χ0v) is 10.6. The van der Waals surface area contributed by atoms with E-state index in [1.807, 2.05) is 0 Å². The lowest BCUT2D eigenvalue weighted by molar-refractivity contribution is 0.583. The van der Waals surface area contributed by atoms with E-state index in [2.05, 4.69) is 15.2 Å². The number of halogens is 1. The monoisotopic (exact) mass is 278 g/mol. The topological polar surface area (TPSA) is 77.7 Å². The zero-order chi connectivity index (χ0) is 11.8. The van der Waals surface area contributed by atoms with Gasteiger partial charge in [-0.1, -0.05) is 0 Å². The maximum atomic E-state index is 11.2. The number of hydrogen-bond donors (Lipinski definition) is 0. The summed E-state index contributed by atoms with van der Waals surface area (Å²) >= 11 is 1.36. The average molecular weight is 279 g/mol. The predicted molar refractivity (Wildman–Crippen MR) is 59.8 cm³/mol. The van der Waals surface area contributed by atoms with Gasteiger partial charge in [0.25, 0.3) is 14.2 Å². The van der Waals surface area contributed by atoms with Gasteiger partial charge >= 0.3 is 0 Å². The molecule has 0 atom stereocenters. The summed E-state index contributed by atoms with van der Waals surface area (Å²) in [6, 6.07) is 0. The molecular weight excluding hydrogens is 272 g/mol. The van der Waals surface area contributed by atoms with Crippen molar-refractivity contribution < 1.29 is 8.42 Å². The van der Waals surface area contributed by atoms with Crippen LogP contribution in [0.2, 0.25) is 0 Å². The minimum Gasteiger partial charge on any atom is -0.296 e. The van der Waals surface area contributed by atoms with Crippen molar-refractivity contribution in [2.45, 2.75) is 18.6 Å². The van der Waals surface area contributed by atoms with Crippen molar-refractivity contribution in [1.29, 1.82) is 0 Å². The van der Waals surface area contributed by atoms with E-state index in [0.29, 0.717) is 12.4 Å². The fourth-order valence-electron chi connectivity index (χ4n) is 1.26. The smallest absolute Gasteiger partial charge is 0.296 e. The SMILES string of the molecule is CCn1c(-c2cncs2)nnc1S(=O)(=O)Cl. The van der Waals surface area contributed by atoms with E-state index in [1.165, 1.54) is 15.9 Å². The third-order valence-electron chi connectivity index (χ3n) is 1.90. The summed E-state index contributed by atoms with van der Waals surface area (Å²) < 4.78 is 23.9. The second-order valence-electron chi connectivity index (χ2n) is 2.85. The highest BCUT2D eigenvalue weighted by Gasteiger charge is 2.22. The first-order valence-corrected chi connectivity index (χ1v) is 7.49. The maximum Gasteiger partial charge on any atom is 0.296 e. The van der Waals surface area contributed by atoms with Gasteiger partial charge in [0.15, 0.2) is 5.82 Å². The molecular formula is C7H7ClN4O2S2. The lowest BCUT2D eigenvalue weighted by Crippen LogP contribution is -2.05. The van der Waals surface area contributed by atoms with Crippen LogP contribution in [0.5, 0.6) is 0 Å². The molecule has 9 heteroatoms. The van der Waals surface area contributed by atoms with Crippen molar-refractivity contribution in [2.24, 2.45) is 0 Å². The van der Waals surface area contributed by atoms with Crippen molar-refractivity contribution in [2.75, 3.05) is 0 Å². The maximum absolute atomic E-state index is 11.2. The molecule has 0 bridgehead atoms. The molecule has 0 aliphatic rings. The second-order valence-corrected chi connectivity index (χ2v) is 6.20. The molecule has 86 valence electrons. The molecule has 0 amide bonds. The molecule has 2 heterocycles. The van der Waals surface area contributed by atoms with E-state index in [1.54, 1.807) is 18.6 Å². The molecule has 0 saturated carbocycles. The van der Waals surface area contributed by atoms with Crippen LogP contribution in [0.15, 0.2) is 16.9 Å². The van der Waals surface area contributed by atoms with Gasteiger partial charge in [0, 0.05) is 23.4 Å². The Kier molecular flexibility index (Phi) is 2.96. The van der Waals surface area contributed by atoms with Gasteiger partial charge in [0.05, 0.1) is 10.4 Å². The van der Waals surface area contributed by atoms with Crippen molar-refractivity contribution in [1.82, 2.24) is 19.7 Å². The van der Waals surface area contributed by atoms with E-state index in [9.17, 15) is 8.42 Å². The van der Waals surface area contributed by atoms with Crippen LogP contribution in [0.25, 0.3) is 10.7 Å². The van der Waals surface area contributed by atoms with Crippen LogP contribution in [-0.2, 0) is 15.6 Å². The second kappa shape index (κ2) is 4.11. The van der Waals surface area contributed by atoms with Gasteiger partial charge in [-0.15, -0.1) is 21.5 Å². The van der Waals surface area contributed by atoms with Gasteiger partial charge in [-0.2, -0.15) is 0 Å². The van der Waals surface area contributed by atoms with Gasteiger partial charge in [-0.3, -0.25) is 9.55 Å².